The number of carbonyl (C=O) groups is 2. The van der Waals surface area contributed by atoms with Crippen molar-refractivity contribution in [3.8, 4) is 0 Å². The van der Waals surface area contributed by atoms with Crippen LogP contribution in [0.5, 0.6) is 0 Å². The number of carboxylic acid groups (broad SMARTS) is 1. The SMILES string of the molecule is O=C(O)c1ccc(CNC(=O)N2CCC3CCCC32)cc1. The van der Waals surface area contributed by atoms with Gasteiger partial charge in [-0.05, 0) is 42.9 Å². The molecule has 21 heavy (non-hydrogen) atoms. The third-order valence-corrected chi connectivity index (χ3v) is 4.67. The first-order valence-electron chi connectivity index (χ1n) is 7.52. The lowest BCUT2D eigenvalue weighted by atomic mass is 10.1. The summed E-state index contributed by atoms with van der Waals surface area (Å²) >= 11 is 0. The lowest BCUT2D eigenvalue weighted by molar-refractivity contribution is 0.0697. The number of urea groups is 1. The molecule has 2 unspecified atom stereocenters. The molecule has 2 fully saturated rings. The fourth-order valence-electron chi connectivity index (χ4n) is 3.53. The van der Waals surface area contributed by atoms with E-state index in [0.717, 1.165) is 24.9 Å². The van der Waals surface area contributed by atoms with Crippen LogP contribution in [0.3, 0.4) is 0 Å². The Bertz CT molecular complexity index is 541. The van der Waals surface area contributed by atoms with E-state index < -0.39 is 5.97 Å². The van der Waals surface area contributed by atoms with E-state index in [1.165, 1.54) is 12.8 Å². The summed E-state index contributed by atoms with van der Waals surface area (Å²) in [7, 11) is 0. The molecular weight excluding hydrogens is 268 g/mol. The van der Waals surface area contributed by atoms with Gasteiger partial charge in [0.25, 0.3) is 0 Å². The van der Waals surface area contributed by atoms with Crippen LogP contribution in [0.1, 0.15) is 41.6 Å². The number of nitrogens with zero attached hydrogens (tertiary/aromatic N) is 1. The molecule has 1 heterocycles. The predicted octanol–water partition coefficient (Wildman–Crippen LogP) is 2.47. The summed E-state index contributed by atoms with van der Waals surface area (Å²) in [6.45, 7) is 1.30. The molecule has 2 aliphatic rings. The molecule has 2 atom stereocenters. The maximum Gasteiger partial charge on any atom is 0.335 e. The molecule has 0 radical (unpaired) electrons. The standard InChI is InChI=1S/C16H20N2O3/c19-15(20)13-6-4-11(5-7-13)10-17-16(21)18-9-8-12-2-1-3-14(12)18/h4-7,12,14H,1-3,8-10H2,(H,17,21)(H,19,20). The number of amides is 2. The van der Waals surface area contributed by atoms with Crippen molar-refractivity contribution in [2.45, 2.75) is 38.3 Å². The largest absolute Gasteiger partial charge is 0.478 e. The van der Waals surface area contributed by atoms with Gasteiger partial charge in [0, 0.05) is 19.1 Å². The van der Waals surface area contributed by atoms with Crippen molar-refractivity contribution in [3.63, 3.8) is 0 Å². The van der Waals surface area contributed by atoms with Gasteiger partial charge in [0.15, 0.2) is 0 Å². The van der Waals surface area contributed by atoms with Gasteiger partial charge in [-0.2, -0.15) is 0 Å². The molecule has 1 aromatic rings. The Morgan fingerprint density at radius 2 is 1.95 bits per heavy atom. The number of nitrogens with one attached hydrogen (secondary N) is 1. The molecule has 2 amide bonds. The number of hydrogen-bond donors (Lipinski definition) is 2. The molecule has 5 nitrogen and oxygen atoms in total. The normalized spacial score (nSPS) is 23.9. The quantitative estimate of drug-likeness (QED) is 0.897. The highest BCUT2D eigenvalue weighted by Gasteiger charge is 2.39. The summed E-state index contributed by atoms with van der Waals surface area (Å²) in [6.07, 6.45) is 4.75. The van der Waals surface area contributed by atoms with Gasteiger partial charge in [-0.15, -0.1) is 0 Å². The van der Waals surface area contributed by atoms with Crippen LogP contribution in [0.15, 0.2) is 24.3 Å². The molecule has 1 aromatic carbocycles. The molecule has 0 aromatic heterocycles. The van der Waals surface area contributed by atoms with Gasteiger partial charge in [-0.3, -0.25) is 0 Å². The number of carboxylic acids is 1. The Morgan fingerprint density at radius 3 is 2.67 bits per heavy atom. The molecule has 5 heteroatoms. The molecule has 1 aliphatic carbocycles. The topological polar surface area (TPSA) is 69.6 Å². The minimum absolute atomic E-state index is 0.00621. The van der Waals surface area contributed by atoms with Gasteiger partial charge < -0.3 is 15.3 Å². The Morgan fingerprint density at radius 1 is 1.19 bits per heavy atom. The monoisotopic (exact) mass is 288 g/mol. The van der Waals surface area contributed by atoms with E-state index in [9.17, 15) is 9.59 Å². The Labute approximate surface area is 123 Å². The first-order chi connectivity index (χ1) is 10.1. The van der Waals surface area contributed by atoms with Crippen LogP contribution >= 0.6 is 0 Å². The lowest BCUT2D eigenvalue weighted by Gasteiger charge is -2.24. The first-order valence-corrected chi connectivity index (χ1v) is 7.52. The number of rotatable bonds is 3. The van der Waals surface area contributed by atoms with E-state index in [1.807, 2.05) is 4.90 Å². The summed E-state index contributed by atoms with van der Waals surface area (Å²) in [5, 5.41) is 11.8. The van der Waals surface area contributed by atoms with Crippen LogP contribution in [0.2, 0.25) is 0 Å². The van der Waals surface area contributed by atoms with Crippen molar-refractivity contribution in [3.05, 3.63) is 35.4 Å². The van der Waals surface area contributed by atoms with Crippen LogP contribution in [0, 0.1) is 5.92 Å². The van der Waals surface area contributed by atoms with E-state index in [1.54, 1.807) is 24.3 Å². The molecule has 112 valence electrons. The maximum absolute atomic E-state index is 12.3. The highest BCUT2D eigenvalue weighted by molar-refractivity contribution is 5.87. The van der Waals surface area contributed by atoms with E-state index in [2.05, 4.69) is 5.32 Å². The van der Waals surface area contributed by atoms with Crippen molar-refractivity contribution in [2.24, 2.45) is 5.92 Å². The second kappa shape index (κ2) is 5.76. The first kappa shape index (κ1) is 13.9. The Kier molecular flexibility index (Phi) is 3.82. The van der Waals surface area contributed by atoms with Gasteiger partial charge in [-0.1, -0.05) is 18.6 Å². The number of carbonyl (C=O) groups excluding carboxylic acids is 1. The second-order valence-corrected chi connectivity index (χ2v) is 5.90. The molecule has 0 bridgehead atoms. The van der Waals surface area contributed by atoms with Gasteiger partial charge >= 0.3 is 12.0 Å². The zero-order valence-corrected chi connectivity index (χ0v) is 11.9. The van der Waals surface area contributed by atoms with Crippen LogP contribution in [0.4, 0.5) is 4.79 Å². The molecule has 0 spiro atoms. The van der Waals surface area contributed by atoms with Crippen LogP contribution < -0.4 is 5.32 Å². The van der Waals surface area contributed by atoms with Crippen LogP contribution in [-0.4, -0.2) is 34.6 Å². The van der Waals surface area contributed by atoms with Crippen molar-refractivity contribution in [2.75, 3.05) is 6.54 Å². The second-order valence-electron chi connectivity index (χ2n) is 5.90. The zero-order chi connectivity index (χ0) is 14.8. The highest BCUT2D eigenvalue weighted by Crippen LogP contribution is 2.37. The summed E-state index contributed by atoms with van der Waals surface area (Å²) in [4.78, 5) is 25.0. The van der Waals surface area contributed by atoms with Gasteiger partial charge in [0.05, 0.1) is 5.56 Å². The van der Waals surface area contributed by atoms with E-state index in [0.29, 0.717) is 18.5 Å². The smallest absolute Gasteiger partial charge is 0.335 e. The molecular formula is C16H20N2O3. The minimum atomic E-state index is -0.935. The highest BCUT2D eigenvalue weighted by atomic mass is 16.4. The van der Waals surface area contributed by atoms with Crippen LogP contribution in [-0.2, 0) is 6.54 Å². The van der Waals surface area contributed by atoms with Crippen molar-refractivity contribution in [1.29, 1.82) is 0 Å². The summed E-state index contributed by atoms with van der Waals surface area (Å²) < 4.78 is 0. The zero-order valence-electron chi connectivity index (χ0n) is 11.9. The van der Waals surface area contributed by atoms with Gasteiger partial charge in [0.1, 0.15) is 0 Å². The van der Waals surface area contributed by atoms with E-state index >= 15 is 0 Å². The minimum Gasteiger partial charge on any atom is -0.478 e. The summed E-state index contributed by atoms with van der Waals surface area (Å²) in [5.41, 5.74) is 1.17. The third kappa shape index (κ3) is 2.86. The number of benzene rings is 1. The average molecular weight is 288 g/mol. The molecule has 1 saturated heterocycles. The number of fused-ring (bicyclic) bond motifs is 1. The fourth-order valence-corrected chi connectivity index (χ4v) is 3.53. The molecule has 2 N–H and O–H groups in total. The number of aromatic carboxylic acids is 1. The van der Waals surface area contributed by atoms with Gasteiger partial charge in [-0.25, -0.2) is 9.59 Å². The maximum atomic E-state index is 12.3. The van der Waals surface area contributed by atoms with Gasteiger partial charge in [0.2, 0.25) is 0 Å². The van der Waals surface area contributed by atoms with Crippen molar-refractivity contribution in [1.82, 2.24) is 10.2 Å². The lowest BCUT2D eigenvalue weighted by Crippen LogP contribution is -2.42. The Balaban J connectivity index is 1.55. The molecule has 1 aliphatic heterocycles. The third-order valence-electron chi connectivity index (χ3n) is 4.67. The Hall–Kier alpha value is -2.04. The summed E-state index contributed by atoms with van der Waals surface area (Å²) in [6, 6.07) is 7.04. The van der Waals surface area contributed by atoms with Crippen LogP contribution in [0.25, 0.3) is 0 Å². The number of hydrogen-bond acceptors (Lipinski definition) is 2. The van der Waals surface area contributed by atoms with E-state index in [-0.39, 0.29) is 11.6 Å². The van der Waals surface area contributed by atoms with Crippen molar-refractivity contribution >= 4 is 12.0 Å². The van der Waals surface area contributed by atoms with Crippen molar-refractivity contribution < 1.29 is 14.7 Å². The molecule has 1 saturated carbocycles. The summed E-state index contributed by atoms with van der Waals surface area (Å²) in [5.74, 6) is -0.236. The predicted molar refractivity (Wildman–Crippen MR) is 78.1 cm³/mol. The fraction of sp³-hybridized carbons (Fsp3) is 0.500. The average Bonchev–Trinajstić information content (AvgIpc) is 3.08. The number of likely N-dealkylation sites (tertiary alicyclic amines) is 1. The molecule has 3 rings (SSSR count). The van der Waals surface area contributed by atoms with E-state index in [4.69, 9.17) is 5.11 Å².